The molecule has 0 bridgehead atoms. The van der Waals surface area contributed by atoms with Gasteiger partial charge in [0.05, 0.1) is 16.1 Å². The van der Waals surface area contributed by atoms with E-state index in [4.69, 9.17) is 4.74 Å². The maximum atomic E-state index is 13.2. The maximum Gasteiger partial charge on any atom is 0.262 e. The van der Waals surface area contributed by atoms with Crippen LogP contribution in [0.3, 0.4) is 0 Å². The Morgan fingerprint density at radius 3 is 2.35 bits per heavy atom. The van der Waals surface area contributed by atoms with Gasteiger partial charge in [-0.15, -0.1) is 0 Å². The molecule has 0 unspecified atom stereocenters. The minimum Gasteiger partial charge on any atom is -0.454 e. The third-order valence-electron chi connectivity index (χ3n) is 5.32. The van der Waals surface area contributed by atoms with Gasteiger partial charge < -0.3 is 15.0 Å². The van der Waals surface area contributed by atoms with Crippen molar-refractivity contribution >= 4 is 38.9 Å². The number of anilines is 3. The Hall–Kier alpha value is -3.85. The Balaban J connectivity index is 1.58. The predicted octanol–water partition coefficient (Wildman–Crippen LogP) is 5.00. The molecular weight excluding hydrogens is 454 g/mol. The van der Waals surface area contributed by atoms with Crippen LogP contribution in [0.4, 0.5) is 17.1 Å². The van der Waals surface area contributed by atoms with Gasteiger partial charge in [0.1, 0.15) is 5.75 Å². The molecule has 0 radical (unpaired) electrons. The summed E-state index contributed by atoms with van der Waals surface area (Å²) in [5.41, 5.74) is 1.66. The first kappa shape index (κ1) is 23.3. The number of ether oxygens (including phenoxy) is 1. The number of para-hydroxylation sites is 2. The van der Waals surface area contributed by atoms with Crippen LogP contribution in [0, 0.1) is 0 Å². The molecule has 8 nitrogen and oxygen atoms in total. The summed E-state index contributed by atoms with van der Waals surface area (Å²) in [4.78, 5) is 26.6. The molecule has 1 aliphatic rings. The molecule has 0 aromatic heterocycles. The summed E-state index contributed by atoms with van der Waals surface area (Å²) >= 11 is 0. The van der Waals surface area contributed by atoms with Gasteiger partial charge in [0.25, 0.3) is 15.9 Å². The zero-order chi connectivity index (χ0) is 24.3. The van der Waals surface area contributed by atoms with E-state index in [9.17, 15) is 18.0 Å². The number of benzene rings is 3. The fraction of sp³-hybridized carbons (Fsp3) is 0.200. The van der Waals surface area contributed by atoms with E-state index in [0.29, 0.717) is 35.8 Å². The summed E-state index contributed by atoms with van der Waals surface area (Å²) in [6.07, 6.45) is 1.11. The van der Waals surface area contributed by atoms with Gasteiger partial charge >= 0.3 is 0 Å². The summed E-state index contributed by atoms with van der Waals surface area (Å²) in [5.74, 6) is 0.492. The van der Waals surface area contributed by atoms with E-state index in [2.05, 4.69) is 10.0 Å². The molecule has 0 aliphatic carbocycles. The lowest BCUT2D eigenvalue weighted by atomic mass is 10.1. The Morgan fingerprint density at radius 2 is 1.65 bits per heavy atom. The Morgan fingerprint density at radius 1 is 0.941 bits per heavy atom. The van der Waals surface area contributed by atoms with Crippen molar-refractivity contribution in [3.63, 3.8) is 0 Å². The number of rotatable bonds is 7. The monoisotopic (exact) mass is 479 g/mol. The van der Waals surface area contributed by atoms with E-state index in [1.807, 2.05) is 26.0 Å². The summed E-state index contributed by atoms with van der Waals surface area (Å²) in [7, 11) is -3.92. The second kappa shape index (κ2) is 9.56. The molecule has 0 spiro atoms. The SMILES string of the molecule is CCCC(=O)Nc1ccc(S(=O)(=O)Nc2ccc3c(c2)C(=O)N(CC)c2ccccc2O3)cc1. The summed E-state index contributed by atoms with van der Waals surface area (Å²) in [6.45, 7) is 4.19. The van der Waals surface area contributed by atoms with E-state index in [1.165, 1.54) is 30.3 Å². The van der Waals surface area contributed by atoms with E-state index in [1.54, 1.807) is 29.2 Å². The molecule has 1 heterocycles. The maximum absolute atomic E-state index is 13.2. The van der Waals surface area contributed by atoms with Crippen LogP contribution in [0.1, 0.15) is 37.0 Å². The number of hydrogen-bond donors (Lipinski definition) is 2. The third kappa shape index (κ3) is 4.74. The van der Waals surface area contributed by atoms with Crippen LogP contribution in [0.25, 0.3) is 0 Å². The van der Waals surface area contributed by atoms with Crippen molar-refractivity contribution in [2.24, 2.45) is 0 Å². The number of nitrogens with one attached hydrogen (secondary N) is 2. The van der Waals surface area contributed by atoms with Crippen LogP contribution in [0.2, 0.25) is 0 Å². The van der Waals surface area contributed by atoms with Gasteiger partial charge in [-0.05, 0) is 67.9 Å². The van der Waals surface area contributed by atoms with Gasteiger partial charge in [-0.25, -0.2) is 8.42 Å². The molecule has 2 amide bonds. The highest BCUT2D eigenvalue weighted by molar-refractivity contribution is 7.92. The molecule has 4 rings (SSSR count). The van der Waals surface area contributed by atoms with Crippen LogP contribution in [0.5, 0.6) is 11.5 Å². The van der Waals surface area contributed by atoms with Gasteiger partial charge in [0.2, 0.25) is 5.91 Å². The molecule has 9 heteroatoms. The second-order valence-electron chi connectivity index (χ2n) is 7.76. The topological polar surface area (TPSA) is 105 Å². The average Bonchev–Trinajstić information content (AvgIpc) is 2.93. The van der Waals surface area contributed by atoms with Crippen molar-refractivity contribution in [3.05, 3.63) is 72.3 Å². The highest BCUT2D eigenvalue weighted by Gasteiger charge is 2.28. The lowest BCUT2D eigenvalue weighted by molar-refractivity contribution is -0.116. The van der Waals surface area contributed by atoms with Crippen molar-refractivity contribution in [1.29, 1.82) is 0 Å². The smallest absolute Gasteiger partial charge is 0.262 e. The Labute approximate surface area is 198 Å². The van der Waals surface area contributed by atoms with Crippen molar-refractivity contribution < 1.29 is 22.7 Å². The number of hydrogen-bond acceptors (Lipinski definition) is 5. The normalized spacial score (nSPS) is 12.8. The minimum absolute atomic E-state index is 0.0288. The average molecular weight is 480 g/mol. The lowest BCUT2D eigenvalue weighted by Crippen LogP contribution is -2.29. The van der Waals surface area contributed by atoms with Crippen LogP contribution in [-0.2, 0) is 14.8 Å². The molecule has 0 fully saturated rings. The summed E-state index contributed by atoms with van der Waals surface area (Å²) in [6, 6.07) is 17.7. The number of fused-ring (bicyclic) bond motifs is 2. The molecule has 0 atom stereocenters. The second-order valence-corrected chi connectivity index (χ2v) is 9.44. The molecule has 2 N–H and O–H groups in total. The van der Waals surface area contributed by atoms with Crippen LogP contribution >= 0.6 is 0 Å². The first-order valence-electron chi connectivity index (χ1n) is 11.0. The first-order chi connectivity index (χ1) is 16.3. The van der Waals surface area contributed by atoms with Gasteiger partial charge in [-0.2, -0.15) is 0 Å². The van der Waals surface area contributed by atoms with E-state index in [-0.39, 0.29) is 28.0 Å². The summed E-state index contributed by atoms with van der Waals surface area (Å²) in [5, 5.41) is 2.72. The Bertz CT molecular complexity index is 1340. The quantitative estimate of drug-likeness (QED) is 0.496. The number of nitrogens with zero attached hydrogens (tertiary/aromatic N) is 1. The van der Waals surface area contributed by atoms with Gasteiger partial charge in [0, 0.05) is 24.3 Å². The summed E-state index contributed by atoms with van der Waals surface area (Å²) < 4.78 is 34.3. The van der Waals surface area contributed by atoms with Crippen molar-refractivity contribution in [3.8, 4) is 11.5 Å². The molecule has 3 aromatic carbocycles. The van der Waals surface area contributed by atoms with Crippen molar-refractivity contribution in [2.75, 3.05) is 21.5 Å². The fourth-order valence-electron chi connectivity index (χ4n) is 3.69. The largest absolute Gasteiger partial charge is 0.454 e. The molecular formula is C25H25N3O5S. The molecule has 0 saturated heterocycles. The van der Waals surface area contributed by atoms with Crippen molar-refractivity contribution in [1.82, 2.24) is 0 Å². The molecule has 0 saturated carbocycles. The van der Waals surface area contributed by atoms with Gasteiger partial charge in [0.15, 0.2) is 5.75 Å². The standard InChI is InChI=1S/C25H25N3O5S/c1-3-7-24(29)26-17-10-13-19(14-11-17)34(31,32)27-18-12-15-22-20(16-18)25(30)28(4-2)21-8-5-6-9-23(21)33-22/h5-6,8-16,27H,3-4,7H2,1-2H3,(H,26,29). The predicted molar refractivity (Wildman–Crippen MR) is 131 cm³/mol. The van der Waals surface area contributed by atoms with E-state index >= 15 is 0 Å². The van der Waals surface area contributed by atoms with Crippen LogP contribution < -0.4 is 19.7 Å². The number of carbonyl (C=O) groups excluding carboxylic acids is 2. The first-order valence-corrected chi connectivity index (χ1v) is 12.5. The van der Waals surface area contributed by atoms with Gasteiger partial charge in [-0.3, -0.25) is 14.3 Å². The molecule has 34 heavy (non-hydrogen) atoms. The Kier molecular flexibility index (Phi) is 6.56. The third-order valence-corrected chi connectivity index (χ3v) is 6.72. The van der Waals surface area contributed by atoms with Gasteiger partial charge in [-0.1, -0.05) is 19.1 Å². The number of carbonyl (C=O) groups is 2. The van der Waals surface area contributed by atoms with E-state index in [0.717, 1.165) is 6.42 Å². The van der Waals surface area contributed by atoms with E-state index < -0.39 is 10.0 Å². The minimum atomic E-state index is -3.92. The molecule has 1 aliphatic heterocycles. The molecule has 176 valence electrons. The molecule has 3 aromatic rings. The highest BCUT2D eigenvalue weighted by Crippen LogP contribution is 2.39. The zero-order valence-electron chi connectivity index (χ0n) is 18.9. The number of amides is 2. The van der Waals surface area contributed by atoms with Crippen LogP contribution in [-0.4, -0.2) is 26.8 Å². The van der Waals surface area contributed by atoms with Crippen molar-refractivity contribution in [2.45, 2.75) is 31.6 Å². The zero-order valence-corrected chi connectivity index (χ0v) is 19.7. The number of sulfonamides is 1. The van der Waals surface area contributed by atoms with Crippen LogP contribution in [0.15, 0.2) is 71.6 Å². The fourth-order valence-corrected chi connectivity index (χ4v) is 4.73. The highest BCUT2D eigenvalue weighted by atomic mass is 32.2. The lowest BCUT2D eigenvalue weighted by Gasteiger charge is -2.20.